The zero-order chi connectivity index (χ0) is 13.9. The molecule has 2 atom stereocenters. The Labute approximate surface area is 118 Å². The predicted octanol–water partition coefficient (Wildman–Crippen LogP) is 3.21. The first-order valence-electron chi connectivity index (χ1n) is 7.38. The van der Waals surface area contributed by atoms with Crippen molar-refractivity contribution in [1.82, 2.24) is 0 Å². The monoisotopic (exact) mass is 276 g/mol. The van der Waals surface area contributed by atoms with Crippen LogP contribution in [-0.2, 0) is 4.79 Å². The van der Waals surface area contributed by atoms with Crippen LogP contribution in [0.2, 0.25) is 0 Å². The number of carboxylic acid groups (broad SMARTS) is 1. The molecule has 1 aromatic rings. The van der Waals surface area contributed by atoms with Gasteiger partial charge in [-0.3, -0.25) is 4.79 Å². The standard InChI is InChI=1S/C16H20O4/c17-16(18)13-5-2-1-4-12(13)11-6-7-14-15(10-11)20-9-3-8-19-14/h6-7,10,12-13H,1-5,8-9H2,(H,17,18). The van der Waals surface area contributed by atoms with Crippen molar-refractivity contribution in [2.24, 2.45) is 5.92 Å². The minimum Gasteiger partial charge on any atom is -0.490 e. The lowest BCUT2D eigenvalue weighted by molar-refractivity contribution is -0.143. The summed E-state index contributed by atoms with van der Waals surface area (Å²) in [7, 11) is 0. The Bertz CT molecular complexity index is 497. The lowest BCUT2D eigenvalue weighted by Crippen LogP contribution is -2.25. The Morgan fingerprint density at radius 3 is 2.60 bits per heavy atom. The van der Waals surface area contributed by atoms with Gasteiger partial charge < -0.3 is 14.6 Å². The molecular formula is C16H20O4. The minimum atomic E-state index is -0.679. The third-order valence-electron chi connectivity index (χ3n) is 4.28. The number of ether oxygens (including phenoxy) is 2. The summed E-state index contributed by atoms with van der Waals surface area (Å²) in [6, 6.07) is 5.90. The van der Waals surface area contributed by atoms with Crippen molar-refractivity contribution in [3.63, 3.8) is 0 Å². The summed E-state index contributed by atoms with van der Waals surface area (Å²) in [6.45, 7) is 1.33. The number of rotatable bonds is 2. The molecule has 1 aliphatic carbocycles. The van der Waals surface area contributed by atoms with E-state index >= 15 is 0 Å². The van der Waals surface area contributed by atoms with Gasteiger partial charge in [0.1, 0.15) is 0 Å². The highest BCUT2D eigenvalue weighted by molar-refractivity contribution is 5.71. The molecule has 108 valence electrons. The average molecular weight is 276 g/mol. The molecule has 1 aromatic carbocycles. The Morgan fingerprint density at radius 1 is 1.05 bits per heavy atom. The number of fused-ring (bicyclic) bond motifs is 1. The molecule has 0 radical (unpaired) electrons. The number of carboxylic acids is 1. The van der Waals surface area contributed by atoms with Gasteiger partial charge in [-0.25, -0.2) is 0 Å². The van der Waals surface area contributed by atoms with E-state index in [1.54, 1.807) is 0 Å². The Hall–Kier alpha value is -1.71. The van der Waals surface area contributed by atoms with Crippen LogP contribution in [0.15, 0.2) is 18.2 Å². The fourth-order valence-electron chi connectivity index (χ4n) is 3.24. The van der Waals surface area contributed by atoms with Crippen molar-refractivity contribution in [2.45, 2.75) is 38.0 Å². The summed E-state index contributed by atoms with van der Waals surface area (Å²) < 4.78 is 11.3. The summed E-state index contributed by atoms with van der Waals surface area (Å²) in [5.74, 6) is 0.678. The lowest BCUT2D eigenvalue weighted by Gasteiger charge is -2.29. The highest BCUT2D eigenvalue weighted by atomic mass is 16.5. The van der Waals surface area contributed by atoms with Crippen molar-refractivity contribution in [3.8, 4) is 11.5 Å². The van der Waals surface area contributed by atoms with Crippen molar-refractivity contribution in [2.75, 3.05) is 13.2 Å². The van der Waals surface area contributed by atoms with E-state index < -0.39 is 5.97 Å². The molecule has 2 aliphatic rings. The molecule has 4 nitrogen and oxygen atoms in total. The van der Waals surface area contributed by atoms with E-state index in [4.69, 9.17) is 9.47 Å². The number of hydrogen-bond donors (Lipinski definition) is 1. The summed E-state index contributed by atoms with van der Waals surface area (Å²) >= 11 is 0. The highest BCUT2D eigenvalue weighted by Gasteiger charge is 2.32. The van der Waals surface area contributed by atoms with Crippen molar-refractivity contribution < 1.29 is 19.4 Å². The first-order chi connectivity index (χ1) is 9.75. The van der Waals surface area contributed by atoms with Gasteiger partial charge in [-0.15, -0.1) is 0 Å². The Balaban J connectivity index is 1.89. The van der Waals surface area contributed by atoms with E-state index in [9.17, 15) is 9.90 Å². The van der Waals surface area contributed by atoms with Crippen LogP contribution in [0.1, 0.15) is 43.6 Å². The molecule has 0 bridgehead atoms. The fraction of sp³-hybridized carbons (Fsp3) is 0.562. The second-order valence-corrected chi connectivity index (χ2v) is 5.59. The van der Waals surface area contributed by atoms with Crippen LogP contribution in [0.25, 0.3) is 0 Å². The molecule has 1 heterocycles. The Kier molecular flexibility index (Phi) is 3.81. The molecule has 1 aliphatic heterocycles. The van der Waals surface area contributed by atoms with Crippen LogP contribution < -0.4 is 9.47 Å². The topological polar surface area (TPSA) is 55.8 Å². The number of aliphatic carboxylic acids is 1. The van der Waals surface area contributed by atoms with Gasteiger partial charge in [0.05, 0.1) is 19.1 Å². The summed E-state index contributed by atoms with van der Waals surface area (Å²) in [4.78, 5) is 11.4. The maximum atomic E-state index is 11.4. The number of benzene rings is 1. The van der Waals surface area contributed by atoms with Crippen molar-refractivity contribution in [1.29, 1.82) is 0 Å². The average Bonchev–Trinajstić information content (AvgIpc) is 2.71. The van der Waals surface area contributed by atoms with E-state index in [-0.39, 0.29) is 11.8 Å². The molecule has 2 unspecified atom stereocenters. The Morgan fingerprint density at radius 2 is 1.80 bits per heavy atom. The zero-order valence-corrected chi connectivity index (χ0v) is 11.5. The van der Waals surface area contributed by atoms with E-state index in [0.29, 0.717) is 13.2 Å². The molecule has 0 amide bonds. The van der Waals surface area contributed by atoms with Crippen LogP contribution in [0.5, 0.6) is 11.5 Å². The molecule has 0 aromatic heterocycles. The van der Waals surface area contributed by atoms with Crippen LogP contribution in [0, 0.1) is 5.92 Å². The zero-order valence-electron chi connectivity index (χ0n) is 11.5. The van der Waals surface area contributed by atoms with Gasteiger partial charge in [0.2, 0.25) is 0 Å². The molecule has 4 heteroatoms. The fourth-order valence-corrected chi connectivity index (χ4v) is 3.24. The molecule has 3 rings (SSSR count). The maximum absolute atomic E-state index is 11.4. The van der Waals surface area contributed by atoms with E-state index in [0.717, 1.165) is 49.2 Å². The molecule has 0 spiro atoms. The minimum absolute atomic E-state index is 0.0957. The summed E-state index contributed by atoms with van der Waals surface area (Å²) in [5, 5.41) is 9.40. The second kappa shape index (κ2) is 5.73. The van der Waals surface area contributed by atoms with Crippen LogP contribution in [0.3, 0.4) is 0 Å². The van der Waals surface area contributed by atoms with Gasteiger partial charge in [0, 0.05) is 6.42 Å². The maximum Gasteiger partial charge on any atom is 0.307 e. The molecule has 1 N–H and O–H groups in total. The normalized spacial score (nSPS) is 25.8. The number of hydrogen-bond acceptors (Lipinski definition) is 3. The highest BCUT2D eigenvalue weighted by Crippen LogP contribution is 2.41. The third-order valence-corrected chi connectivity index (χ3v) is 4.28. The third kappa shape index (κ3) is 2.60. The molecule has 1 saturated carbocycles. The SMILES string of the molecule is O=C(O)C1CCCCC1c1ccc2c(c1)OCCCO2. The first-order valence-corrected chi connectivity index (χ1v) is 7.38. The van der Waals surface area contributed by atoms with Gasteiger partial charge in [0.25, 0.3) is 0 Å². The van der Waals surface area contributed by atoms with Gasteiger partial charge in [-0.05, 0) is 36.5 Å². The van der Waals surface area contributed by atoms with E-state index in [1.807, 2.05) is 18.2 Å². The molecule has 20 heavy (non-hydrogen) atoms. The quantitative estimate of drug-likeness (QED) is 0.901. The smallest absolute Gasteiger partial charge is 0.307 e. The summed E-state index contributed by atoms with van der Waals surface area (Å²) in [5.41, 5.74) is 1.07. The van der Waals surface area contributed by atoms with Crippen LogP contribution in [-0.4, -0.2) is 24.3 Å². The van der Waals surface area contributed by atoms with E-state index in [2.05, 4.69) is 0 Å². The van der Waals surface area contributed by atoms with Gasteiger partial charge >= 0.3 is 5.97 Å². The van der Waals surface area contributed by atoms with Gasteiger partial charge in [0.15, 0.2) is 11.5 Å². The largest absolute Gasteiger partial charge is 0.490 e. The van der Waals surface area contributed by atoms with Crippen LogP contribution in [0.4, 0.5) is 0 Å². The lowest BCUT2D eigenvalue weighted by atomic mass is 9.75. The predicted molar refractivity (Wildman–Crippen MR) is 74.4 cm³/mol. The van der Waals surface area contributed by atoms with Crippen molar-refractivity contribution >= 4 is 5.97 Å². The van der Waals surface area contributed by atoms with Crippen molar-refractivity contribution in [3.05, 3.63) is 23.8 Å². The van der Waals surface area contributed by atoms with Gasteiger partial charge in [-0.2, -0.15) is 0 Å². The molecule has 0 saturated heterocycles. The van der Waals surface area contributed by atoms with E-state index in [1.165, 1.54) is 0 Å². The molecule has 1 fully saturated rings. The first kappa shape index (κ1) is 13.3. The number of carbonyl (C=O) groups is 1. The molecular weight excluding hydrogens is 256 g/mol. The second-order valence-electron chi connectivity index (χ2n) is 5.59. The van der Waals surface area contributed by atoms with Gasteiger partial charge in [-0.1, -0.05) is 18.9 Å². The summed E-state index contributed by atoms with van der Waals surface area (Å²) in [6.07, 6.45) is 4.71. The van der Waals surface area contributed by atoms with Crippen LogP contribution >= 0.6 is 0 Å².